The molecule has 0 radical (unpaired) electrons. The monoisotopic (exact) mass is 678 g/mol. The summed E-state index contributed by atoms with van der Waals surface area (Å²) >= 11 is 0. The lowest BCUT2D eigenvalue weighted by atomic mass is 9.98. The van der Waals surface area contributed by atoms with Crippen LogP contribution in [0.15, 0.2) is 29.8 Å². The summed E-state index contributed by atoms with van der Waals surface area (Å²) in [6, 6.07) is 4.24. The minimum atomic E-state index is -1.59. The van der Waals surface area contributed by atoms with Crippen molar-refractivity contribution in [3.05, 3.63) is 41.0 Å². The Kier molecular flexibility index (Phi) is 15.3. The molecular formula is C33H46N2O13. The van der Waals surface area contributed by atoms with E-state index in [4.69, 9.17) is 28.4 Å². The smallest absolute Gasteiger partial charge is 0.303 e. The molecule has 1 unspecified atom stereocenters. The second kappa shape index (κ2) is 19.1. The van der Waals surface area contributed by atoms with Crippen molar-refractivity contribution in [2.75, 3.05) is 26.3 Å². The molecule has 6 atom stereocenters. The van der Waals surface area contributed by atoms with Crippen LogP contribution in [0.2, 0.25) is 0 Å². The third kappa shape index (κ3) is 12.2. The number of rotatable bonds is 14. The molecular weight excluding hydrogens is 632 g/mol. The first-order chi connectivity index (χ1) is 22.9. The molecule has 15 heteroatoms. The largest absolute Gasteiger partial charge is 0.463 e. The third-order valence-corrected chi connectivity index (χ3v) is 7.58. The van der Waals surface area contributed by atoms with Gasteiger partial charge >= 0.3 is 17.9 Å². The molecule has 2 aliphatic rings. The van der Waals surface area contributed by atoms with Crippen LogP contribution in [0.1, 0.15) is 75.7 Å². The van der Waals surface area contributed by atoms with Gasteiger partial charge in [0.2, 0.25) is 18.3 Å². The van der Waals surface area contributed by atoms with Gasteiger partial charge in [-0.25, -0.2) is 0 Å². The molecule has 1 aliphatic heterocycles. The summed E-state index contributed by atoms with van der Waals surface area (Å²) in [6.45, 7) is 4.57. The molecule has 1 aromatic rings. The Bertz CT molecular complexity index is 1320. The highest BCUT2D eigenvalue weighted by Gasteiger charge is 2.51. The Hall–Kier alpha value is -4.05. The van der Waals surface area contributed by atoms with Crippen molar-refractivity contribution in [3.63, 3.8) is 0 Å². The van der Waals surface area contributed by atoms with Crippen molar-refractivity contribution in [2.45, 2.75) is 103 Å². The van der Waals surface area contributed by atoms with Crippen LogP contribution in [0.5, 0.6) is 5.75 Å². The summed E-state index contributed by atoms with van der Waals surface area (Å²) in [5.74, 6) is -3.32. The highest BCUT2D eigenvalue weighted by molar-refractivity contribution is 5.97. The molecule has 266 valence electrons. The number of aliphatic hydroxyl groups excluding tert-OH is 2. The fourth-order valence-corrected chi connectivity index (χ4v) is 5.30. The number of hydrogen-bond acceptors (Lipinski definition) is 13. The maximum atomic E-state index is 13.3. The maximum Gasteiger partial charge on any atom is 0.303 e. The molecule has 0 aromatic heterocycles. The number of amides is 2. The predicted molar refractivity (Wildman–Crippen MR) is 167 cm³/mol. The van der Waals surface area contributed by atoms with Gasteiger partial charge in [0, 0.05) is 33.9 Å². The normalized spacial score (nSPS) is 25.2. The van der Waals surface area contributed by atoms with Crippen molar-refractivity contribution < 1.29 is 62.6 Å². The van der Waals surface area contributed by atoms with Gasteiger partial charge in [-0.3, -0.25) is 24.0 Å². The van der Waals surface area contributed by atoms with Crippen molar-refractivity contribution in [1.82, 2.24) is 10.6 Å². The number of allylic oxidation sites excluding steroid dienone is 1. The minimum Gasteiger partial charge on any atom is -0.463 e. The zero-order valence-electron chi connectivity index (χ0n) is 27.7. The number of hydrogen-bond donors (Lipinski definition) is 4. The average molecular weight is 679 g/mol. The van der Waals surface area contributed by atoms with E-state index in [9.17, 15) is 34.2 Å². The van der Waals surface area contributed by atoms with Crippen LogP contribution in [0, 0.1) is 0 Å². The van der Waals surface area contributed by atoms with E-state index < -0.39 is 67.7 Å². The van der Waals surface area contributed by atoms with Gasteiger partial charge in [0.15, 0.2) is 6.10 Å². The second-order valence-electron chi connectivity index (χ2n) is 11.7. The summed E-state index contributed by atoms with van der Waals surface area (Å²) < 4.78 is 33.2. The van der Waals surface area contributed by atoms with Crippen LogP contribution >= 0.6 is 0 Å². The molecule has 0 saturated carbocycles. The van der Waals surface area contributed by atoms with E-state index >= 15 is 0 Å². The molecule has 0 bridgehead atoms. The standard InChI is InChI=1S/C33H46N2O13/c1-19-8-6-5-7-9-24(14-19)44-18-28(40)34-12-13-35-32(42)25-15-23(16-36)10-11-26(25)47-33-31(46-22(4)39)30(45-21(3)38)29(41)27(48-33)17-43-20(2)37/h10-11,14-15,24,27,29-31,33,36,41H,5-9,12-13,16-18H2,1-4H3,(H,34,40)(H,35,42)/b19-14-/t24?,27-,29-,30+,31-,33-/m1/s1. The van der Waals surface area contributed by atoms with Crippen molar-refractivity contribution in [3.8, 4) is 5.75 Å². The van der Waals surface area contributed by atoms with Gasteiger partial charge in [0.1, 0.15) is 31.2 Å². The van der Waals surface area contributed by atoms with E-state index in [1.165, 1.54) is 23.8 Å². The Morgan fingerprint density at radius 1 is 0.938 bits per heavy atom. The van der Waals surface area contributed by atoms with Gasteiger partial charge in [-0.05, 0) is 43.9 Å². The molecule has 1 aliphatic carbocycles. The Morgan fingerprint density at radius 2 is 1.65 bits per heavy atom. The number of aliphatic hydroxyl groups is 2. The Balaban J connectivity index is 1.69. The Labute approximate surface area is 279 Å². The summed E-state index contributed by atoms with van der Waals surface area (Å²) in [5, 5.41) is 26.0. The van der Waals surface area contributed by atoms with E-state index in [0.717, 1.165) is 52.9 Å². The van der Waals surface area contributed by atoms with Crippen LogP contribution < -0.4 is 15.4 Å². The predicted octanol–water partition coefficient (Wildman–Crippen LogP) is 1.21. The highest BCUT2D eigenvalue weighted by Crippen LogP contribution is 2.31. The van der Waals surface area contributed by atoms with Crippen molar-refractivity contribution in [1.29, 1.82) is 0 Å². The van der Waals surface area contributed by atoms with E-state index in [2.05, 4.69) is 23.6 Å². The average Bonchev–Trinajstić information content (AvgIpc) is 3.02. The second-order valence-corrected chi connectivity index (χ2v) is 11.7. The molecule has 0 spiro atoms. The summed E-state index contributed by atoms with van der Waals surface area (Å²) in [5.41, 5.74) is 1.58. The van der Waals surface area contributed by atoms with Gasteiger partial charge in [-0.1, -0.05) is 30.6 Å². The van der Waals surface area contributed by atoms with E-state index in [-0.39, 0.29) is 43.0 Å². The summed E-state index contributed by atoms with van der Waals surface area (Å²) in [4.78, 5) is 61.0. The lowest BCUT2D eigenvalue weighted by Crippen LogP contribution is -2.62. The quantitative estimate of drug-likeness (QED) is 0.0947. The lowest BCUT2D eigenvalue weighted by Gasteiger charge is -2.42. The number of esters is 3. The van der Waals surface area contributed by atoms with Crippen molar-refractivity contribution >= 4 is 29.7 Å². The molecule has 4 N–H and O–H groups in total. The molecule has 1 fully saturated rings. The minimum absolute atomic E-state index is 0.0387. The van der Waals surface area contributed by atoms with Gasteiger partial charge in [0.05, 0.1) is 18.3 Å². The number of carbonyl (C=O) groups excluding carboxylic acids is 5. The topological polar surface area (TPSA) is 205 Å². The third-order valence-electron chi connectivity index (χ3n) is 7.58. The molecule has 48 heavy (non-hydrogen) atoms. The molecule has 3 rings (SSSR count). The first kappa shape index (κ1) is 38.4. The number of benzene rings is 1. The number of carbonyl (C=O) groups is 5. The SMILES string of the molecule is CC(=O)OC[C@H]1O[C@@H](Oc2ccc(CO)cc2C(=O)NCCNC(=O)COC2/C=C(/C)CCCCC2)[C@H](OC(C)=O)[C@@H](OC(C)=O)[C@@H]1O. The van der Waals surface area contributed by atoms with Crippen LogP contribution in [0.25, 0.3) is 0 Å². The Morgan fingerprint density at radius 3 is 2.33 bits per heavy atom. The van der Waals surface area contributed by atoms with Crippen LogP contribution in [0.4, 0.5) is 0 Å². The molecule has 1 saturated heterocycles. The highest BCUT2D eigenvalue weighted by atomic mass is 16.7. The summed E-state index contributed by atoms with van der Waals surface area (Å²) in [6.07, 6.45) is -0.264. The lowest BCUT2D eigenvalue weighted by molar-refractivity contribution is -0.285. The van der Waals surface area contributed by atoms with Crippen LogP contribution in [-0.4, -0.2) is 103 Å². The molecule has 15 nitrogen and oxygen atoms in total. The molecule has 1 aromatic carbocycles. The summed E-state index contributed by atoms with van der Waals surface area (Å²) in [7, 11) is 0. The fraction of sp³-hybridized carbons (Fsp3) is 0.606. The maximum absolute atomic E-state index is 13.3. The van der Waals surface area contributed by atoms with Crippen LogP contribution in [0.3, 0.4) is 0 Å². The number of nitrogens with one attached hydrogen (secondary N) is 2. The zero-order valence-corrected chi connectivity index (χ0v) is 27.7. The van der Waals surface area contributed by atoms with E-state index in [1.54, 1.807) is 0 Å². The fourth-order valence-electron chi connectivity index (χ4n) is 5.30. The first-order valence-corrected chi connectivity index (χ1v) is 15.9. The van der Waals surface area contributed by atoms with Gasteiger partial charge in [-0.2, -0.15) is 0 Å². The molecule has 2 amide bonds. The van der Waals surface area contributed by atoms with E-state index in [0.29, 0.717) is 5.56 Å². The van der Waals surface area contributed by atoms with E-state index in [1.807, 2.05) is 0 Å². The van der Waals surface area contributed by atoms with Crippen molar-refractivity contribution in [2.24, 2.45) is 0 Å². The first-order valence-electron chi connectivity index (χ1n) is 15.9. The van der Waals surface area contributed by atoms with Gasteiger partial charge < -0.3 is 49.3 Å². The molecule has 1 heterocycles. The number of ether oxygens (including phenoxy) is 6. The van der Waals surface area contributed by atoms with Crippen LogP contribution in [-0.2, 0) is 49.5 Å². The van der Waals surface area contributed by atoms with Gasteiger partial charge in [0.25, 0.3) is 5.91 Å². The zero-order chi connectivity index (χ0) is 35.2. The van der Waals surface area contributed by atoms with Gasteiger partial charge in [-0.15, -0.1) is 0 Å².